The van der Waals surface area contributed by atoms with Crippen LogP contribution >= 0.6 is 22.9 Å². The number of piperidine rings is 2. The zero-order valence-electron chi connectivity index (χ0n) is 6.56. The van der Waals surface area contributed by atoms with Crippen LogP contribution in [0.15, 0.2) is 0 Å². The Labute approximate surface area is 84.2 Å². The first-order valence-corrected chi connectivity index (χ1v) is 5.06. The molecular weight excluding hydrogens is 277 g/mol. The smallest absolute Gasteiger partial charge is 0.258 e. The minimum absolute atomic E-state index is 0.461. The second-order valence-electron chi connectivity index (χ2n) is 3.55. The van der Waals surface area contributed by atoms with E-state index in [1.54, 1.807) is 0 Å². The van der Waals surface area contributed by atoms with Crippen molar-refractivity contribution in [3.63, 3.8) is 0 Å². The molecule has 0 aromatic carbocycles. The lowest BCUT2D eigenvalue weighted by Crippen LogP contribution is -2.60. The van der Waals surface area contributed by atoms with Crippen LogP contribution in [-0.2, 0) is 0 Å². The Hall–Kier alpha value is 0.510. The van der Waals surface area contributed by atoms with Crippen LogP contribution < -0.4 is 5.32 Å². The fraction of sp³-hybridized carbons (Fsp3) is 1.00. The van der Waals surface area contributed by atoms with Crippen molar-refractivity contribution in [2.45, 2.75) is 5.92 Å². The predicted octanol–water partition coefficient (Wildman–Crippen LogP) is 1.12. The third-order valence-electron chi connectivity index (χ3n) is 2.71. The van der Waals surface area contributed by atoms with Crippen molar-refractivity contribution in [1.29, 1.82) is 0 Å². The molecule has 2 saturated heterocycles. The van der Waals surface area contributed by atoms with Gasteiger partial charge in [0, 0.05) is 60.9 Å². The van der Waals surface area contributed by atoms with Gasteiger partial charge in [0.15, 0.2) is 0 Å². The average Bonchev–Trinajstić information content (AvgIpc) is 1.92. The Bertz CT molecular complexity index is 172. The maximum absolute atomic E-state index is 13.4. The third-order valence-corrected chi connectivity index (χ3v) is 3.49. The van der Waals surface area contributed by atoms with Gasteiger partial charge in [-0.3, -0.25) is 0 Å². The van der Waals surface area contributed by atoms with E-state index in [0.29, 0.717) is 26.2 Å². The van der Waals surface area contributed by atoms with Gasteiger partial charge in [-0.05, 0) is 0 Å². The maximum atomic E-state index is 13.4. The molecule has 2 nitrogen and oxygen atoms in total. The van der Waals surface area contributed by atoms with E-state index in [1.807, 2.05) is 3.11 Å². The molecule has 2 fully saturated rings. The Morgan fingerprint density at radius 2 is 1.75 bits per heavy atom. The molecule has 0 radical (unpaired) electrons. The number of fused-ring (bicyclic) bond motifs is 2. The average molecular weight is 288 g/mol. The van der Waals surface area contributed by atoms with Crippen LogP contribution in [0.25, 0.3) is 0 Å². The number of alkyl halides is 2. The van der Waals surface area contributed by atoms with Crippen LogP contribution in [0.1, 0.15) is 0 Å². The van der Waals surface area contributed by atoms with E-state index >= 15 is 0 Å². The van der Waals surface area contributed by atoms with Gasteiger partial charge in [0.1, 0.15) is 0 Å². The SMILES string of the molecule is FC1(F)C2CNC[C@H]1CN(I)C2. The Kier molecular flexibility index (Phi) is 2.29. The lowest BCUT2D eigenvalue weighted by atomic mass is 9.83. The Morgan fingerprint density at radius 1 is 1.25 bits per heavy atom. The lowest BCUT2D eigenvalue weighted by molar-refractivity contribution is -0.147. The van der Waals surface area contributed by atoms with E-state index in [4.69, 9.17) is 0 Å². The van der Waals surface area contributed by atoms with Crippen molar-refractivity contribution in [1.82, 2.24) is 8.43 Å². The molecule has 5 heteroatoms. The molecule has 0 aromatic rings. The van der Waals surface area contributed by atoms with Crippen LogP contribution in [0.5, 0.6) is 0 Å². The fourth-order valence-electron chi connectivity index (χ4n) is 1.96. The topological polar surface area (TPSA) is 15.3 Å². The van der Waals surface area contributed by atoms with Gasteiger partial charge in [-0.1, -0.05) is 0 Å². The van der Waals surface area contributed by atoms with Crippen molar-refractivity contribution in [3.8, 4) is 0 Å². The predicted molar refractivity (Wildman–Crippen MR) is 50.4 cm³/mol. The van der Waals surface area contributed by atoms with Gasteiger partial charge >= 0.3 is 0 Å². The number of rotatable bonds is 0. The van der Waals surface area contributed by atoms with Gasteiger partial charge in [0.2, 0.25) is 0 Å². The number of halogens is 3. The summed E-state index contributed by atoms with van der Waals surface area (Å²) in [6.45, 7) is 1.94. The number of hydrogen-bond acceptors (Lipinski definition) is 2. The summed E-state index contributed by atoms with van der Waals surface area (Å²) in [5, 5.41) is 3.05. The minimum Gasteiger partial charge on any atom is -0.316 e. The monoisotopic (exact) mass is 288 g/mol. The molecule has 1 N–H and O–H groups in total. The first kappa shape index (κ1) is 9.08. The molecule has 12 heavy (non-hydrogen) atoms. The molecule has 0 aromatic heterocycles. The van der Waals surface area contributed by atoms with E-state index < -0.39 is 17.8 Å². The van der Waals surface area contributed by atoms with Gasteiger partial charge in [-0.15, -0.1) is 0 Å². The highest BCUT2D eigenvalue weighted by Gasteiger charge is 2.52. The molecule has 0 amide bonds. The number of nitrogens with zero attached hydrogens (tertiary/aromatic N) is 1. The van der Waals surface area contributed by atoms with Crippen LogP contribution in [-0.4, -0.2) is 35.2 Å². The highest BCUT2D eigenvalue weighted by Crippen LogP contribution is 2.40. The molecule has 1 unspecified atom stereocenters. The van der Waals surface area contributed by atoms with E-state index in [-0.39, 0.29) is 0 Å². The first-order valence-electron chi connectivity index (χ1n) is 4.10. The molecule has 0 saturated carbocycles. The summed E-state index contributed by atoms with van der Waals surface area (Å²) < 4.78 is 28.8. The Balaban J connectivity index is 2.18. The summed E-state index contributed by atoms with van der Waals surface area (Å²) in [6, 6.07) is 0. The van der Waals surface area contributed by atoms with Crippen molar-refractivity contribution in [3.05, 3.63) is 0 Å². The molecule has 2 heterocycles. The highest BCUT2D eigenvalue weighted by molar-refractivity contribution is 14.1. The molecule has 2 atom stereocenters. The van der Waals surface area contributed by atoms with Crippen LogP contribution in [0, 0.1) is 11.8 Å². The number of hydrogen-bond donors (Lipinski definition) is 1. The lowest BCUT2D eigenvalue weighted by Gasteiger charge is -2.45. The van der Waals surface area contributed by atoms with Crippen molar-refractivity contribution in [2.24, 2.45) is 11.8 Å². The highest BCUT2D eigenvalue weighted by atomic mass is 127. The van der Waals surface area contributed by atoms with Crippen molar-refractivity contribution in [2.75, 3.05) is 26.2 Å². The molecule has 2 aliphatic heterocycles. The normalized spacial score (nSPS) is 41.2. The molecule has 2 bridgehead atoms. The van der Waals surface area contributed by atoms with Crippen LogP contribution in [0.2, 0.25) is 0 Å². The van der Waals surface area contributed by atoms with Gasteiger partial charge in [0.25, 0.3) is 5.92 Å². The maximum Gasteiger partial charge on any atom is 0.258 e. The van der Waals surface area contributed by atoms with E-state index in [0.717, 1.165) is 0 Å². The molecule has 0 aliphatic carbocycles. The van der Waals surface area contributed by atoms with Crippen LogP contribution in [0.3, 0.4) is 0 Å². The summed E-state index contributed by atoms with van der Waals surface area (Å²) in [5.74, 6) is -3.41. The van der Waals surface area contributed by atoms with E-state index in [2.05, 4.69) is 28.2 Å². The molecular formula is C7H11F2IN2. The van der Waals surface area contributed by atoms with Gasteiger partial charge in [0.05, 0.1) is 0 Å². The van der Waals surface area contributed by atoms with Gasteiger partial charge in [-0.25, -0.2) is 11.9 Å². The largest absolute Gasteiger partial charge is 0.316 e. The standard InChI is InChI=1S/C7H11F2IN2/c8-7(9)5-1-11-2-6(7)4-12(10)3-5/h5-6,11H,1-4H2/t5-,6?/m0/s1. The van der Waals surface area contributed by atoms with Crippen molar-refractivity contribution >= 4 is 22.9 Å². The van der Waals surface area contributed by atoms with Gasteiger partial charge in [-0.2, -0.15) is 0 Å². The van der Waals surface area contributed by atoms with Crippen molar-refractivity contribution < 1.29 is 8.78 Å². The molecule has 70 valence electrons. The second kappa shape index (κ2) is 3.02. The summed E-state index contributed by atoms with van der Waals surface area (Å²) in [5.41, 5.74) is 0. The molecule has 2 rings (SSSR count). The fourth-order valence-corrected chi connectivity index (χ4v) is 2.91. The van der Waals surface area contributed by atoms with E-state index in [1.165, 1.54) is 0 Å². The first-order chi connectivity index (χ1) is 5.60. The summed E-state index contributed by atoms with van der Waals surface area (Å²) >= 11 is 2.13. The molecule has 2 aliphatic rings. The van der Waals surface area contributed by atoms with Gasteiger partial charge < -0.3 is 5.32 Å². The minimum atomic E-state index is -2.44. The van der Waals surface area contributed by atoms with E-state index in [9.17, 15) is 8.78 Å². The second-order valence-corrected chi connectivity index (χ2v) is 4.92. The zero-order valence-corrected chi connectivity index (χ0v) is 8.72. The quantitative estimate of drug-likeness (QED) is 0.531. The number of nitrogens with one attached hydrogen (secondary N) is 1. The summed E-state index contributed by atoms with van der Waals surface area (Å²) in [4.78, 5) is 0. The Morgan fingerprint density at radius 3 is 2.25 bits per heavy atom. The summed E-state index contributed by atoms with van der Waals surface area (Å²) in [7, 11) is 0. The zero-order chi connectivity index (χ0) is 8.77. The summed E-state index contributed by atoms with van der Waals surface area (Å²) in [6.07, 6.45) is 0. The third kappa shape index (κ3) is 1.35. The van der Waals surface area contributed by atoms with Crippen LogP contribution in [0.4, 0.5) is 8.78 Å². The molecule has 0 spiro atoms.